The van der Waals surface area contributed by atoms with Crippen LogP contribution in [-0.4, -0.2) is 17.6 Å². The summed E-state index contributed by atoms with van der Waals surface area (Å²) in [6, 6.07) is 44.4. The smallest absolute Gasteiger partial charge is 0.158 e. The van der Waals surface area contributed by atoms with Gasteiger partial charge in [-0.25, -0.2) is 8.42 Å². The molecule has 47 heavy (non-hydrogen) atoms. The zero-order valence-corrected chi connectivity index (χ0v) is 25.8. The highest BCUT2D eigenvalue weighted by molar-refractivity contribution is 7.89. The Hall–Kier alpha value is -6.15. The van der Waals surface area contributed by atoms with E-state index in [1.807, 2.05) is 84.9 Å². The molecule has 7 heteroatoms. The average Bonchev–Trinajstić information content (AvgIpc) is 3.56. The maximum Gasteiger partial charge on any atom is 0.158 e. The van der Waals surface area contributed by atoms with Gasteiger partial charge in [0, 0.05) is 32.9 Å². The van der Waals surface area contributed by atoms with Crippen LogP contribution in [0.4, 0.5) is 0 Å². The Morgan fingerprint density at radius 3 is 1.36 bits per heavy atom. The van der Waals surface area contributed by atoms with Gasteiger partial charge in [-0.1, -0.05) is 48.5 Å². The highest BCUT2D eigenvalue weighted by atomic mass is 32.2. The van der Waals surface area contributed by atoms with Crippen LogP contribution >= 0.6 is 0 Å². The molecule has 9 rings (SSSR count). The summed E-state index contributed by atoms with van der Waals surface area (Å²) in [6.45, 7) is 0. The van der Waals surface area contributed by atoms with Gasteiger partial charge in [-0.3, -0.25) is 0 Å². The first-order valence-corrected chi connectivity index (χ1v) is 17.1. The Labute approximate surface area is 270 Å². The van der Waals surface area contributed by atoms with Gasteiger partial charge in [-0.15, -0.1) is 0 Å². The molecular formula is C40H24N4O2S. The molecule has 1 aliphatic rings. The number of rotatable bonds is 2. The molecule has 0 saturated heterocycles. The van der Waals surface area contributed by atoms with Gasteiger partial charge in [0.15, 0.2) is 9.84 Å². The van der Waals surface area contributed by atoms with Gasteiger partial charge in [-0.05, 0) is 95.1 Å². The predicted molar refractivity (Wildman–Crippen MR) is 186 cm³/mol. The van der Waals surface area contributed by atoms with Gasteiger partial charge in [0.2, 0.25) is 0 Å². The quantitative estimate of drug-likeness (QED) is 0.192. The van der Waals surface area contributed by atoms with Gasteiger partial charge in [-0.2, -0.15) is 10.5 Å². The highest BCUT2D eigenvalue weighted by Gasteiger charge is 2.26. The Balaban J connectivity index is 1.31. The number of nitriles is 2. The summed E-state index contributed by atoms with van der Waals surface area (Å²) < 4.78 is 31.1. The zero-order chi connectivity index (χ0) is 31.9. The topological polar surface area (TPSA) is 91.6 Å². The van der Waals surface area contributed by atoms with Crippen LogP contribution in [0.2, 0.25) is 0 Å². The summed E-state index contributed by atoms with van der Waals surface area (Å²) in [6.07, 6.45) is 0. The lowest BCUT2D eigenvalue weighted by atomic mass is 9.95. The first-order valence-electron chi connectivity index (χ1n) is 15.3. The third-order valence-electron chi connectivity index (χ3n) is 9.35. The summed E-state index contributed by atoms with van der Waals surface area (Å²) in [4.78, 5) is 0. The molecule has 3 heterocycles. The van der Waals surface area contributed by atoms with Gasteiger partial charge in [0.25, 0.3) is 0 Å². The summed E-state index contributed by atoms with van der Waals surface area (Å²) in [7, 11) is -3.41. The fraction of sp³-hybridized carbons (Fsp3) is 0.0500. The van der Waals surface area contributed by atoms with E-state index >= 15 is 0 Å². The Morgan fingerprint density at radius 2 is 0.915 bits per heavy atom. The Morgan fingerprint density at radius 1 is 0.489 bits per heavy atom. The molecule has 1 aliphatic heterocycles. The molecule has 0 atom stereocenters. The second-order valence-corrected chi connectivity index (χ2v) is 14.2. The Bertz CT molecular complexity index is 2660. The molecule has 2 aromatic heterocycles. The maximum atomic E-state index is 13.4. The molecule has 6 aromatic carbocycles. The summed E-state index contributed by atoms with van der Waals surface area (Å²) in [5, 5.41) is 23.3. The summed E-state index contributed by atoms with van der Waals surface area (Å²) in [5.41, 5.74) is 10.3. The Kier molecular flexibility index (Phi) is 5.74. The fourth-order valence-electron chi connectivity index (χ4n) is 7.33. The number of aromatic nitrogens is 2. The van der Waals surface area contributed by atoms with Crippen LogP contribution < -0.4 is 0 Å². The van der Waals surface area contributed by atoms with Crippen molar-refractivity contribution in [2.24, 2.45) is 0 Å². The molecule has 0 spiro atoms. The minimum absolute atomic E-state index is 0.0440. The van der Waals surface area contributed by atoms with Crippen molar-refractivity contribution in [3.63, 3.8) is 0 Å². The standard InChI is InChI=1S/C40H24N4O2S/c41-21-25-9-15-39-35(17-25)31-5-1-3-7-37(31)43(39)29-13-11-27-23-47(45,46)24-28-12-14-30(20-34(28)33(27)19-29)44-38-8-4-2-6-32(38)36-18-26(22-42)10-16-40(36)44/h1-20H,23-24H2. The predicted octanol–water partition coefficient (Wildman–Crippen LogP) is 8.72. The fourth-order valence-corrected chi connectivity index (χ4v) is 8.88. The molecule has 0 unspecified atom stereocenters. The van der Waals surface area contributed by atoms with Crippen molar-refractivity contribution in [1.82, 2.24) is 9.13 Å². The molecule has 0 amide bonds. The molecule has 0 fully saturated rings. The summed E-state index contributed by atoms with van der Waals surface area (Å²) in [5.74, 6) is -0.0880. The second kappa shape index (κ2) is 9.92. The first-order chi connectivity index (χ1) is 22.9. The maximum absolute atomic E-state index is 13.4. The minimum atomic E-state index is -3.41. The highest BCUT2D eigenvalue weighted by Crippen LogP contribution is 2.40. The van der Waals surface area contributed by atoms with Crippen LogP contribution in [0.15, 0.2) is 121 Å². The van der Waals surface area contributed by atoms with Gasteiger partial charge in [0.1, 0.15) is 0 Å². The van der Waals surface area contributed by atoms with Crippen LogP contribution in [0.3, 0.4) is 0 Å². The molecule has 0 N–H and O–H groups in total. The van der Waals surface area contributed by atoms with Crippen LogP contribution in [0.25, 0.3) is 66.1 Å². The largest absolute Gasteiger partial charge is 0.309 e. The molecule has 0 aliphatic carbocycles. The molecule has 0 radical (unpaired) electrons. The van der Waals surface area contributed by atoms with Crippen molar-refractivity contribution in [2.45, 2.75) is 11.5 Å². The van der Waals surface area contributed by atoms with E-state index < -0.39 is 9.84 Å². The normalized spacial score (nSPS) is 13.7. The van der Waals surface area contributed by atoms with Crippen molar-refractivity contribution < 1.29 is 8.42 Å². The number of benzene rings is 6. The zero-order valence-electron chi connectivity index (χ0n) is 25.0. The van der Waals surface area contributed by atoms with Crippen molar-refractivity contribution in [1.29, 1.82) is 10.5 Å². The van der Waals surface area contributed by atoms with E-state index in [-0.39, 0.29) is 11.5 Å². The molecule has 0 saturated carbocycles. The molecule has 8 aromatic rings. The third-order valence-corrected chi connectivity index (χ3v) is 10.8. The van der Waals surface area contributed by atoms with E-state index in [4.69, 9.17) is 0 Å². The number of fused-ring (bicyclic) bond motifs is 9. The van der Waals surface area contributed by atoms with Crippen LogP contribution in [0.1, 0.15) is 22.3 Å². The van der Waals surface area contributed by atoms with E-state index in [2.05, 4.69) is 57.7 Å². The van der Waals surface area contributed by atoms with Gasteiger partial charge >= 0.3 is 0 Å². The van der Waals surface area contributed by atoms with Crippen molar-refractivity contribution in [2.75, 3.05) is 0 Å². The van der Waals surface area contributed by atoms with E-state index in [0.29, 0.717) is 11.1 Å². The van der Waals surface area contributed by atoms with Gasteiger partial charge < -0.3 is 9.13 Å². The lowest BCUT2D eigenvalue weighted by Gasteiger charge is -2.16. The number of para-hydroxylation sites is 2. The van der Waals surface area contributed by atoms with Crippen LogP contribution in [-0.2, 0) is 21.3 Å². The van der Waals surface area contributed by atoms with E-state index in [1.165, 1.54) is 0 Å². The molecule has 222 valence electrons. The molecule has 6 nitrogen and oxygen atoms in total. The third kappa shape index (κ3) is 4.11. The molecule has 0 bridgehead atoms. The number of nitrogens with zero attached hydrogens (tertiary/aromatic N) is 4. The summed E-state index contributed by atoms with van der Waals surface area (Å²) >= 11 is 0. The second-order valence-electron chi connectivity index (χ2n) is 12.1. The van der Waals surface area contributed by atoms with E-state index in [0.717, 1.165) is 77.2 Å². The average molecular weight is 625 g/mol. The lowest BCUT2D eigenvalue weighted by Crippen LogP contribution is -2.05. The van der Waals surface area contributed by atoms with Gasteiger partial charge in [0.05, 0.1) is 56.8 Å². The van der Waals surface area contributed by atoms with Crippen molar-refractivity contribution in [3.05, 3.63) is 144 Å². The molecular weight excluding hydrogens is 601 g/mol. The van der Waals surface area contributed by atoms with Crippen molar-refractivity contribution >= 4 is 53.4 Å². The lowest BCUT2D eigenvalue weighted by molar-refractivity contribution is 0.595. The van der Waals surface area contributed by atoms with Crippen LogP contribution in [0, 0.1) is 22.7 Å². The van der Waals surface area contributed by atoms with Crippen LogP contribution in [0.5, 0.6) is 0 Å². The van der Waals surface area contributed by atoms with E-state index in [1.54, 1.807) is 0 Å². The SMILES string of the molecule is N#Cc1ccc2c(c1)c1ccccc1n2-c1ccc2c(c1)-c1cc(-n3c4ccccc4c4cc(C#N)ccc43)ccc1CS(=O)(=O)C2. The minimum Gasteiger partial charge on any atom is -0.309 e. The monoisotopic (exact) mass is 624 g/mol. The van der Waals surface area contributed by atoms with Crippen molar-refractivity contribution in [3.8, 4) is 34.6 Å². The number of hydrogen-bond acceptors (Lipinski definition) is 4. The first kappa shape index (κ1) is 27.2. The van der Waals surface area contributed by atoms with E-state index in [9.17, 15) is 18.9 Å². The number of hydrogen-bond donors (Lipinski definition) is 0. The number of sulfone groups is 1.